The summed E-state index contributed by atoms with van der Waals surface area (Å²) in [5, 5.41) is 18.0. The quantitative estimate of drug-likeness (QED) is 0.732. The second-order valence-corrected chi connectivity index (χ2v) is 6.49. The summed E-state index contributed by atoms with van der Waals surface area (Å²) in [5.41, 5.74) is 4.08. The van der Waals surface area contributed by atoms with Crippen molar-refractivity contribution in [2.75, 3.05) is 11.9 Å². The van der Waals surface area contributed by atoms with Crippen molar-refractivity contribution in [1.82, 2.24) is 14.8 Å². The fraction of sp³-hybridized carbons (Fsp3) is 0.143. The molecule has 1 aliphatic heterocycles. The first-order chi connectivity index (χ1) is 13.0. The number of hydrogen-bond donors (Lipinski definition) is 2. The number of fused-ring (bicyclic) bond motifs is 1. The van der Waals surface area contributed by atoms with Gasteiger partial charge in [-0.25, -0.2) is 0 Å². The number of rotatable bonds is 4. The number of hydrogen-bond acceptors (Lipinski definition) is 5. The number of nitrogens with zero attached hydrogens (tertiary/aromatic N) is 3. The molecule has 2 N–H and O–H groups in total. The van der Waals surface area contributed by atoms with Crippen molar-refractivity contribution in [3.63, 3.8) is 0 Å². The lowest BCUT2D eigenvalue weighted by Gasteiger charge is -2.19. The third-order valence-corrected chi connectivity index (χ3v) is 4.43. The lowest BCUT2D eigenvalue weighted by atomic mass is 10.1. The van der Waals surface area contributed by atoms with E-state index in [-0.39, 0.29) is 12.4 Å². The van der Waals surface area contributed by atoms with Crippen LogP contribution in [0.1, 0.15) is 11.1 Å². The SMILES string of the molecule is C=C1C=C(COc2c(C)ccc(C)c2O)Nc2nc(-c3ccccc3)nn21. The number of phenols is 1. The number of nitrogens with one attached hydrogen (secondary N) is 1. The van der Waals surface area contributed by atoms with Crippen LogP contribution in [0.2, 0.25) is 0 Å². The van der Waals surface area contributed by atoms with Crippen LogP contribution in [-0.2, 0) is 0 Å². The second kappa shape index (κ2) is 6.64. The van der Waals surface area contributed by atoms with E-state index < -0.39 is 0 Å². The molecule has 0 fully saturated rings. The van der Waals surface area contributed by atoms with E-state index in [4.69, 9.17) is 4.74 Å². The van der Waals surface area contributed by atoms with Crippen LogP contribution in [0.5, 0.6) is 11.5 Å². The number of phenolic OH excluding ortho intramolecular Hbond substituents is 1. The molecule has 1 aromatic heterocycles. The molecule has 136 valence electrons. The maximum absolute atomic E-state index is 10.2. The van der Waals surface area contributed by atoms with Gasteiger partial charge in [-0.15, -0.1) is 5.10 Å². The number of allylic oxidation sites excluding steroid dienone is 2. The average Bonchev–Trinajstić information content (AvgIpc) is 3.10. The molecule has 2 heterocycles. The molecule has 27 heavy (non-hydrogen) atoms. The van der Waals surface area contributed by atoms with E-state index in [1.165, 1.54) is 0 Å². The van der Waals surface area contributed by atoms with Crippen LogP contribution >= 0.6 is 0 Å². The fourth-order valence-corrected chi connectivity index (χ4v) is 2.93. The van der Waals surface area contributed by atoms with Crippen LogP contribution in [-0.4, -0.2) is 26.5 Å². The summed E-state index contributed by atoms with van der Waals surface area (Å²) in [7, 11) is 0. The molecule has 0 radical (unpaired) electrons. The van der Waals surface area contributed by atoms with Crippen molar-refractivity contribution in [3.8, 4) is 22.9 Å². The lowest BCUT2D eigenvalue weighted by Crippen LogP contribution is -2.18. The molecule has 2 aromatic carbocycles. The molecule has 6 nitrogen and oxygen atoms in total. The molecular formula is C21H20N4O2. The Labute approximate surface area is 157 Å². The van der Waals surface area contributed by atoms with Gasteiger partial charge in [-0.1, -0.05) is 49.0 Å². The number of aromatic nitrogens is 3. The highest BCUT2D eigenvalue weighted by atomic mass is 16.5. The van der Waals surface area contributed by atoms with Crippen LogP contribution < -0.4 is 10.1 Å². The van der Waals surface area contributed by atoms with E-state index in [9.17, 15) is 5.11 Å². The van der Waals surface area contributed by atoms with Crippen LogP contribution in [0.4, 0.5) is 5.95 Å². The minimum Gasteiger partial charge on any atom is -0.504 e. The van der Waals surface area contributed by atoms with Gasteiger partial charge in [0, 0.05) is 5.56 Å². The summed E-state index contributed by atoms with van der Waals surface area (Å²) in [6, 6.07) is 13.6. The maximum Gasteiger partial charge on any atom is 0.230 e. The van der Waals surface area contributed by atoms with Gasteiger partial charge in [-0.3, -0.25) is 0 Å². The highest BCUT2D eigenvalue weighted by Gasteiger charge is 2.19. The smallest absolute Gasteiger partial charge is 0.230 e. The van der Waals surface area contributed by atoms with Crippen LogP contribution in [0.3, 0.4) is 0 Å². The topological polar surface area (TPSA) is 72.2 Å². The Balaban J connectivity index is 1.54. The number of ether oxygens (including phenoxy) is 1. The van der Waals surface area contributed by atoms with E-state index >= 15 is 0 Å². The molecule has 4 rings (SSSR count). The van der Waals surface area contributed by atoms with Crippen LogP contribution in [0, 0.1) is 13.8 Å². The van der Waals surface area contributed by atoms with E-state index in [0.717, 1.165) is 22.4 Å². The van der Waals surface area contributed by atoms with E-state index in [1.807, 2.05) is 62.4 Å². The van der Waals surface area contributed by atoms with Gasteiger partial charge in [0.15, 0.2) is 17.3 Å². The van der Waals surface area contributed by atoms with Gasteiger partial charge >= 0.3 is 0 Å². The Morgan fingerprint density at radius 3 is 2.63 bits per heavy atom. The minimum atomic E-state index is 0.166. The van der Waals surface area contributed by atoms with Crippen LogP contribution in [0.25, 0.3) is 17.1 Å². The molecule has 3 aromatic rings. The highest BCUT2D eigenvalue weighted by Crippen LogP contribution is 2.33. The van der Waals surface area contributed by atoms with Gasteiger partial charge in [0.05, 0.1) is 11.4 Å². The Kier molecular flexibility index (Phi) is 4.16. The van der Waals surface area contributed by atoms with Crippen molar-refractivity contribution in [2.24, 2.45) is 0 Å². The van der Waals surface area contributed by atoms with E-state index in [1.54, 1.807) is 4.68 Å². The van der Waals surface area contributed by atoms with Gasteiger partial charge in [0.1, 0.15) is 6.61 Å². The molecule has 0 saturated carbocycles. The second-order valence-electron chi connectivity index (χ2n) is 6.49. The number of aryl methyl sites for hydroxylation is 2. The van der Waals surface area contributed by atoms with Gasteiger partial charge in [-0.05, 0) is 31.1 Å². The predicted octanol–water partition coefficient (Wildman–Crippen LogP) is 4.13. The Morgan fingerprint density at radius 1 is 1.11 bits per heavy atom. The molecule has 6 heteroatoms. The van der Waals surface area contributed by atoms with Gasteiger partial charge in [0.25, 0.3) is 0 Å². The Hall–Kier alpha value is -3.54. The summed E-state index contributed by atoms with van der Waals surface area (Å²) in [4.78, 5) is 4.56. The maximum atomic E-state index is 10.2. The summed E-state index contributed by atoms with van der Waals surface area (Å²) in [6.07, 6.45) is 1.86. The summed E-state index contributed by atoms with van der Waals surface area (Å²) in [6.45, 7) is 8.05. The third kappa shape index (κ3) is 3.17. The van der Waals surface area contributed by atoms with E-state index in [0.29, 0.717) is 23.2 Å². The predicted molar refractivity (Wildman–Crippen MR) is 106 cm³/mol. The number of benzene rings is 2. The third-order valence-electron chi connectivity index (χ3n) is 4.43. The lowest BCUT2D eigenvalue weighted by molar-refractivity contribution is 0.325. The Morgan fingerprint density at radius 2 is 1.85 bits per heavy atom. The first-order valence-corrected chi connectivity index (χ1v) is 8.64. The molecule has 0 bridgehead atoms. The summed E-state index contributed by atoms with van der Waals surface area (Å²) in [5.74, 6) is 1.87. The molecule has 0 atom stereocenters. The van der Waals surface area contributed by atoms with E-state index in [2.05, 4.69) is 22.0 Å². The molecule has 1 aliphatic rings. The van der Waals surface area contributed by atoms with Crippen molar-refractivity contribution in [3.05, 3.63) is 71.9 Å². The number of aromatic hydroxyl groups is 1. The van der Waals surface area contributed by atoms with Gasteiger partial charge in [0.2, 0.25) is 5.95 Å². The number of anilines is 1. The zero-order valence-corrected chi connectivity index (χ0v) is 15.2. The van der Waals surface area contributed by atoms with Crippen molar-refractivity contribution >= 4 is 11.6 Å². The largest absolute Gasteiger partial charge is 0.504 e. The van der Waals surface area contributed by atoms with Gasteiger partial charge < -0.3 is 15.2 Å². The first-order valence-electron chi connectivity index (χ1n) is 8.64. The molecule has 0 saturated heterocycles. The molecule has 0 aliphatic carbocycles. The van der Waals surface area contributed by atoms with Crippen molar-refractivity contribution in [2.45, 2.75) is 13.8 Å². The molecular weight excluding hydrogens is 340 g/mol. The molecule has 0 unspecified atom stereocenters. The highest BCUT2D eigenvalue weighted by molar-refractivity contribution is 5.68. The average molecular weight is 360 g/mol. The molecule has 0 amide bonds. The van der Waals surface area contributed by atoms with Gasteiger partial charge in [-0.2, -0.15) is 9.67 Å². The monoisotopic (exact) mass is 360 g/mol. The fourth-order valence-electron chi connectivity index (χ4n) is 2.93. The van der Waals surface area contributed by atoms with Crippen LogP contribution in [0.15, 0.2) is 60.8 Å². The Bertz CT molecular complexity index is 1050. The minimum absolute atomic E-state index is 0.166. The summed E-state index contributed by atoms with van der Waals surface area (Å²) >= 11 is 0. The van der Waals surface area contributed by atoms with Crippen molar-refractivity contribution in [1.29, 1.82) is 0 Å². The van der Waals surface area contributed by atoms with Crippen molar-refractivity contribution < 1.29 is 9.84 Å². The first kappa shape index (κ1) is 16.9. The zero-order chi connectivity index (χ0) is 19.0. The zero-order valence-electron chi connectivity index (χ0n) is 15.2. The molecule has 0 spiro atoms. The standard InChI is InChI=1S/C21H20N4O2/c1-13-9-10-14(2)19(18(13)26)27-12-17-11-15(3)25-21(22-17)23-20(24-25)16-7-5-4-6-8-16/h4-11,26H,3,12H2,1-2H3,(H,22,23,24). The normalized spacial score (nSPS) is 13.0. The summed E-state index contributed by atoms with van der Waals surface area (Å²) < 4.78 is 7.53.